The molecule has 5 atom stereocenters. The molecule has 5 aliphatic rings. The minimum Gasteiger partial charge on any atom is -0.493 e. The van der Waals surface area contributed by atoms with E-state index in [0.29, 0.717) is 17.9 Å². The van der Waals surface area contributed by atoms with Gasteiger partial charge in [-0.1, -0.05) is 26.0 Å². The van der Waals surface area contributed by atoms with Crippen LogP contribution in [0.1, 0.15) is 57.9 Å². The summed E-state index contributed by atoms with van der Waals surface area (Å²) in [6.45, 7) is 9.90. The van der Waals surface area contributed by atoms with Crippen molar-refractivity contribution in [3.8, 4) is 11.5 Å². The molecule has 1 aromatic carbocycles. The number of hydrogen-bond acceptors (Lipinski definition) is 4. The van der Waals surface area contributed by atoms with Gasteiger partial charge in [-0.3, -0.25) is 0 Å². The Labute approximate surface area is 175 Å². The van der Waals surface area contributed by atoms with Crippen LogP contribution >= 0.6 is 0 Å². The average molecular weight is 400 g/mol. The lowest BCUT2D eigenvalue weighted by atomic mass is 9.39. The lowest BCUT2D eigenvalue weighted by molar-refractivity contribution is -0.190. The molecule has 0 radical (unpaired) electrons. The van der Waals surface area contributed by atoms with Crippen molar-refractivity contribution in [3.05, 3.63) is 23.8 Å². The van der Waals surface area contributed by atoms with Crippen molar-refractivity contribution >= 4 is 0 Å². The highest BCUT2D eigenvalue weighted by Crippen LogP contribution is 2.71. The van der Waals surface area contributed by atoms with Crippen molar-refractivity contribution in [1.29, 1.82) is 0 Å². The second-order valence-corrected chi connectivity index (χ2v) is 9.84. The molecule has 3 saturated carbocycles. The van der Waals surface area contributed by atoms with Crippen LogP contribution in [0.25, 0.3) is 0 Å². The van der Waals surface area contributed by atoms with Crippen LogP contribution in [0.5, 0.6) is 11.5 Å². The summed E-state index contributed by atoms with van der Waals surface area (Å²) in [6, 6.07) is 6.59. The Bertz CT molecular complexity index is 752. The first-order chi connectivity index (χ1) is 14.2. The Morgan fingerprint density at radius 2 is 2.10 bits per heavy atom. The molecule has 4 nitrogen and oxygen atoms in total. The van der Waals surface area contributed by atoms with Crippen LogP contribution in [0.3, 0.4) is 0 Å². The van der Waals surface area contributed by atoms with Crippen LogP contribution < -0.4 is 9.47 Å². The third-order valence-electron chi connectivity index (χ3n) is 8.59. The Balaban J connectivity index is 1.61. The number of benzene rings is 1. The monoisotopic (exact) mass is 399 g/mol. The van der Waals surface area contributed by atoms with E-state index in [0.717, 1.165) is 31.1 Å². The van der Waals surface area contributed by atoms with Crippen LogP contribution in [-0.2, 0) is 10.2 Å². The van der Waals surface area contributed by atoms with Crippen molar-refractivity contribution in [3.63, 3.8) is 0 Å². The van der Waals surface area contributed by atoms with Crippen LogP contribution in [0.2, 0.25) is 0 Å². The topological polar surface area (TPSA) is 30.9 Å². The van der Waals surface area contributed by atoms with E-state index in [1.807, 2.05) is 0 Å². The quantitative estimate of drug-likeness (QED) is 0.625. The number of rotatable bonds is 7. The molecule has 4 fully saturated rings. The van der Waals surface area contributed by atoms with Gasteiger partial charge in [0, 0.05) is 29.5 Å². The van der Waals surface area contributed by atoms with Crippen molar-refractivity contribution in [1.82, 2.24) is 4.90 Å². The van der Waals surface area contributed by atoms with Gasteiger partial charge in [0.1, 0.15) is 6.10 Å². The molecular weight excluding hydrogens is 362 g/mol. The van der Waals surface area contributed by atoms with Crippen molar-refractivity contribution in [2.45, 2.75) is 63.9 Å². The molecule has 4 heteroatoms. The molecule has 6 rings (SSSR count). The van der Waals surface area contributed by atoms with Crippen molar-refractivity contribution in [2.75, 3.05) is 40.0 Å². The van der Waals surface area contributed by atoms with Crippen LogP contribution in [0.15, 0.2) is 18.2 Å². The van der Waals surface area contributed by atoms with Gasteiger partial charge in [-0.15, -0.1) is 0 Å². The van der Waals surface area contributed by atoms with E-state index in [9.17, 15) is 0 Å². The Kier molecular flexibility index (Phi) is 5.06. The predicted octanol–water partition coefficient (Wildman–Crippen LogP) is 4.65. The Morgan fingerprint density at radius 1 is 1.21 bits per heavy atom. The second kappa shape index (κ2) is 7.46. The molecule has 0 N–H and O–H groups in total. The maximum absolute atomic E-state index is 6.81. The fourth-order valence-corrected chi connectivity index (χ4v) is 7.59. The van der Waals surface area contributed by atoms with Gasteiger partial charge in [-0.25, -0.2) is 0 Å². The summed E-state index contributed by atoms with van der Waals surface area (Å²) in [7, 11) is 1.77. The first-order valence-corrected chi connectivity index (χ1v) is 11.8. The van der Waals surface area contributed by atoms with E-state index in [1.54, 1.807) is 7.11 Å². The summed E-state index contributed by atoms with van der Waals surface area (Å²) in [6.07, 6.45) is 7.72. The first-order valence-electron chi connectivity index (χ1n) is 11.8. The van der Waals surface area contributed by atoms with E-state index >= 15 is 0 Å². The van der Waals surface area contributed by atoms with Gasteiger partial charge in [0.05, 0.1) is 13.7 Å². The first kappa shape index (κ1) is 19.7. The van der Waals surface area contributed by atoms with Gasteiger partial charge in [0.25, 0.3) is 0 Å². The zero-order valence-electron chi connectivity index (χ0n) is 18.4. The normalized spacial score (nSPS) is 37.6. The maximum atomic E-state index is 6.81. The number of para-hydroxylation sites is 1. The number of methoxy groups -OCH3 is 1. The summed E-state index contributed by atoms with van der Waals surface area (Å²) < 4.78 is 18.7. The molecule has 29 heavy (non-hydrogen) atoms. The Morgan fingerprint density at radius 3 is 2.90 bits per heavy atom. The third-order valence-corrected chi connectivity index (χ3v) is 8.59. The van der Waals surface area contributed by atoms with Gasteiger partial charge in [-0.05, 0) is 69.5 Å². The summed E-state index contributed by atoms with van der Waals surface area (Å²) >= 11 is 0. The smallest absolute Gasteiger partial charge is 0.165 e. The molecule has 1 aromatic rings. The van der Waals surface area contributed by atoms with E-state index < -0.39 is 0 Å². The molecule has 2 heterocycles. The summed E-state index contributed by atoms with van der Waals surface area (Å²) in [5, 5.41) is 0. The number of fused-ring (bicyclic) bond motifs is 3. The van der Waals surface area contributed by atoms with E-state index in [4.69, 9.17) is 14.2 Å². The van der Waals surface area contributed by atoms with Gasteiger partial charge in [0.2, 0.25) is 0 Å². The zero-order chi connectivity index (χ0) is 20.1. The minimum atomic E-state index is 0.128. The molecule has 160 valence electrons. The lowest BCUT2D eigenvalue weighted by Crippen LogP contribution is -2.72. The zero-order valence-corrected chi connectivity index (χ0v) is 18.4. The molecule has 0 amide bonds. The number of likely N-dealkylation sites (tertiary alicyclic amines) is 1. The highest BCUT2D eigenvalue weighted by molar-refractivity contribution is 5.57. The van der Waals surface area contributed by atoms with Crippen molar-refractivity contribution in [2.24, 2.45) is 17.3 Å². The number of hydrogen-bond donors (Lipinski definition) is 0. The summed E-state index contributed by atoms with van der Waals surface area (Å²) in [5.74, 6) is 3.22. The fourth-order valence-electron chi connectivity index (χ4n) is 7.59. The molecule has 1 saturated heterocycles. The van der Waals surface area contributed by atoms with E-state index in [1.165, 1.54) is 57.3 Å². The molecule has 0 aromatic heterocycles. The van der Waals surface area contributed by atoms with Crippen LogP contribution in [0.4, 0.5) is 0 Å². The lowest BCUT2D eigenvalue weighted by Gasteiger charge is -2.67. The predicted molar refractivity (Wildman–Crippen MR) is 115 cm³/mol. The average Bonchev–Trinajstić information content (AvgIpc) is 3.10. The van der Waals surface area contributed by atoms with Gasteiger partial charge in [-0.2, -0.15) is 0 Å². The van der Waals surface area contributed by atoms with Crippen LogP contribution in [0, 0.1) is 17.3 Å². The summed E-state index contributed by atoms with van der Waals surface area (Å²) in [4.78, 5) is 2.74. The number of nitrogens with zero attached hydrogens (tertiary/aromatic N) is 1. The largest absolute Gasteiger partial charge is 0.493 e. The van der Waals surface area contributed by atoms with E-state index in [-0.39, 0.29) is 10.8 Å². The molecule has 2 spiro atoms. The van der Waals surface area contributed by atoms with Gasteiger partial charge < -0.3 is 19.1 Å². The van der Waals surface area contributed by atoms with Crippen molar-refractivity contribution < 1.29 is 14.2 Å². The summed E-state index contributed by atoms with van der Waals surface area (Å²) in [5.41, 5.74) is 1.82. The molecular formula is C25H37NO3. The molecule has 2 bridgehead atoms. The van der Waals surface area contributed by atoms with Crippen LogP contribution in [-0.4, -0.2) is 51.0 Å². The van der Waals surface area contributed by atoms with E-state index in [2.05, 4.69) is 36.9 Å². The highest BCUT2D eigenvalue weighted by atomic mass is 16.5. The molecule has 5 unspecified atom stereocenters. The maximum Gasteiger partial charge on any atom is 0.165 e. The minimum absolute atomic E-state index is 0.128. The van der Waals surface area contributed by atoms with Gasteiger partial charge in [0.15, 0.2) is 11.5 Å². The Hall–Kier alpha value is -1.26. The fraction of sp³-hybridized carbons (Fsp3) is 0.760. The number of ether oxygens (including phenoxy) is 3. The molecule has 2 aliphatic heterocycles. The number of piperidine rings is 1. The second-order valence-electron chi connectivity index (χ2n) is 9.84. The third kappa shape index (κ3) is 2.64. The SMILES string of the molecule is CCCOCC1CC2CCC13CN(CCC)CCC31c3cccc(OC)c3OC21. The standard InChI is InChI=1S/C25H37NO3/c1-4-12-26-13-11-25-20-7-6-8-21(27-3)22(20)29-23(25)18-9-10-24(25,17-26)19(15-18)16-28-14-5-2/h6-8,18-19,23H,4-5,9-17H2,1-3H3. The van der Waals surface area contributed by atoms with Gasteiger partial charge >= 0.3 is 0 Å². The highest BCUT2D eigenvalue weighted by Gasteiger charge is 2.72. The molecule has 3 aliphatic carbocycles.